The Kier molecular flexibility index (Phi) is 18.5. The summed E-state index contributed by atoms with van der Waals surface area (Å²) in [5, 5.41) is 30.5. The smallest absolute Gasteiger partial charge is 0.167 e. The van der Waals surface area contributed by atoms with Gasteiger partial charge in [0.15, 0.2) is 11.1 Å². The van der Waals surface area contributed by atoms with Crippen molar-refractivity contribution in [2.24, 2.45) is 10.2 Å². The molecule has 0 unspecified atom stereocenters. The Bertz CT molecular complexity index is 596. The van der Waals surface area contributed by atoms with Crippen LogP contribution in [-0.4, -0.2) is 11.1 Å². The highest BCUT2D eigenvalue weighted by Crippen LogP contribution is 2.33. The average Bonchev–Trinajstić information content (AvgIpc) is 2.93. The highest BCUT2D eigenvalue weighted by molar-refractivity contribution is 5.10. The van der Waals surface area contributed by atoms with Crippen LogP contribution in [-0.2, 0) is 0 Å². The van der Waals surface area contributed by atoms with Gasteiger partial charge in [-0.2, -0.15) is 20.8 Å². The minimum absolute atomic E-state index is 0.740. The van der Waals surface area contributed by atoms with E-state index in [1.54, 1.807) is 0 Å². The van der Waals surface area contributed by atoms with Crippen LogP contribution >= 0.6 is 0 Å². The predicted octanol–water partition coefficient (Wildman–Crippen LogP) is 11.7. The van der Waals surface area contributed by atoms with Crippen LogP contribution in [0.1, 0.15) is 193 Å². The Hall–Kier alpha value is -1.42. The zero-order chi connectivity index (χ0) is 27.0. The van der Waals surface area contributed by atoms with Crippen molar-refractivity contribution in [2.45, 2.75) is 204 Å². The van der Waals surface area contributed by atoms with Crippen LogP contribution in [0.5, 0.6) is 0 Å². The predicted molar refractivity (Wildman–Crippen MR) is 160 cm³/mol. The normalized spacial score (nSPS) is 25.1. The van der Waals surface area contributed by atoms with Crippen LogP contribution in [0.25, 0.3) is 0 Å². The van der Waals surface area contributed by atoms with E-state index in [1.165, 1.54) is 141 Å². The SMILES string of the molecule is N#CC1(N=NC2(C#N)CCCCCCCCCCCCCCC2)CCCCCCCCCCCCCCC1. The van der Waals surface area contributed by atoms with Crippen molar-refractivity contribution in [2.75, 3.05) is 0 Å². The second-order valence-electron chi connectivity index (χ2n) is 12.7. The van der Waals surface area contributed by atoms with Crippen molar-refractivity contribution in [3.63, 3.8) is 0 Å². The lowest BCUT2D eigenvalue weighted by atomic mass is 9.87. The zero-order valence-electron chi connectivity index (χ0n) is 25.0. The third kappa shape index (κ3) is 14.7. The summed E-state index contributed by atoms with van der Waals surface area (Å²) >= 11 is 0. The number of rotatable bonds is 2. The average molecular weight is 525 g/mol. The van der Waals surface area contributed by atoms with E-state index in [0.717, 1.165) is 51.4 Å². The molecule has 2 saturated carbocycles. The van der Waals surface area contributed by atoms with Gasteiger partial charge in [0, 0.05) is 0 Å². The summed E-state index contributed by atoms with van der Waals surface area (Å²) in [6, 6.07) is 5.25. The van der Waals surface area contributed by atoms with E-state index in [2.05, 4.69) is 12.1 Å². The van der Waals surface area contributed by atoms with Gasteiger partial charge in [-0.1, -0.05) is 141 Å². The van der Waals surface area contributed by atoms with Crippen LogP contribution in [0.3, 0.4) is 0 Å². The fourth-order valence-electron chi connectivity index (χ4n) is 6.47. The van der Waals surface area contributed by atoms with Crippen molar-refractivity contribution >= 4 is 0 Å². The van der Waals surface area contributed by atoms with Gasteiger partial charge in [0.2, 0.25) is 0 Å². The number of hydrogen-bond donors (Lipinski definition) is 0. The van der Waals surface area contributed by atoms with Gasteiger partial charge in [-0.15, -0.1) is 0 Å². The van der Waals surface area contributed by atoms with Gasteiger partial charge < -0.3 is 0 Å². The van der Waals surface area contributed by atoms with Gasteiger partial charge >= 0.3 is 0 Å². The monoisotopic (exact) mass is 524 g/mol. The molecular formula is C34H60N4. The second-order valence-corrected chi connectivity index (χ2v) is 12.7. The van der Waals surface area contributed by atoms with E-state index < -0.39 is 11.1 Å². The molecule has 216 valence electrons. The summed E-state index contributed by atoms with van der Waals surface area (Å²) in [4.78, 5) is 0. The summed E-state index contributed by atoms with van der Waals surface area (Å²) in [6.45, 7) is 0. The standard InChI is InChI=1S/C34H60N4/c35-31-33(27-23-19-15-11-7-3-1-4-8-12-16-20-24-28-33)37-38-34(32-36)29-25-21-17-13-9-5-2-6-10-14-18-22-26-30-34/h1-30H2. The fraction of sp³-hybridized carbons (Fsp3) is 0.941. The first-order valence-electron chi connectivity index (χ1n) is 17.0. The van der Waals surface area contributed by atoms with Gasteiger partial charge in [0.25, 0.3) is 0 Å². The number of hydrogen-bond acceptors (Lipinski definition) is 4. The maximum Gasteiger partial charge on any atom is 0.167 e. The van der Waals surface area contributed by atoms with Crippen molar-refractivity contribution in [1.82, 2.24) is 0 Å². The van der Waals surface area contributed by atoms with Gasteiger partial charge in [0.1, 0.15) is 0 Å². The Morgan fingerprint density at radius 2 is 0.447 bits per heavy atom. The Morgan fingerprint density at radius 3 is 0.605 bits per heavy atom. The highest BCUT2D eigenvalue weighted by atomic mass is 15.2. The molecule has 0 aromatic heterocycles. The second kappa shape index (κ2) is 21.4. The first kappa shape index (κ1) is 32.8. The molecule has 4 heteroatoms. The van der Waals surface area contributed by atoms with Gasteiger partial charge in [-0.25, -0.2) is 0 Å². The lowest BCUT2D eigenvalue weighted by Crippen LogP contribution is -2.29. The van der Waals surface area contributed by atoms with Crippen LogP contribution in [0.15, 0.2) is 10.2 Å². The highest BCUT2D eigenvalue weighted by Gasteiger charge is 2.34. The summed E-state index contributed by atoms with van der Waals surface area (Å²) in [5.74, 6) is 0. The molecule has 0 aliphatic heterocycles. The maximum absolute atomic E-state index is 10.4. The molecule has 0 spiro atoms. The van der Waals surface area contributed by atoms with Crippen molar-refractivity contribution in [1.29, 1.82) is 10.5 Å². The lowest BCUT2D eigenvalue weighted by molar-refractivity contribution is 0.348. The number of nitriles is 2. The first-order chi connectivity index (χ1) is 18.7. The molecule has 2 fully saturated rings. The van der Waals surface area contributed by atoms with Gasteiger partial charge in [-0.3, -0.25) is 0 Å². The first-order valence-corrected chi connectivity index (χ1v) is 17.0. The molecule has 0 bridgehead atoms. The number of nitrogens with zero attached hydrogens (tertiary/aromatic N) is 4. The van der Waals surface area contributed by atoms with E-state index in [1.807, 2.05) is 0 Å². The van der Waals surface area contributed by atoms with Crippen molar-refractivity contribution < 1.29 is 0 Å². The molecule has 38 heavy (non-hydrogen) atoms. The summed E-state index contributed by atoms with van der Waals surface area (Å²) in [6.07, 6.45) is 36.2. The molecule has 2 aliphatic rings. The summed E-state index contributed by atoms with van der Waals surface area (Å²) in [7, 11) is 0. The molecule has 0 aromatic carbocycles. The minimum Gasteiger partial charge on any atom is -0.196 e. The van der Waals surface area contributed by atoms with Gasteiger partial charge in [0.05, 0.1) is 12.1 Å². The zero-order valence-corrected chi connectivity index (χ0v) is 25.0. The molecule has 0 aromatic rings. The van der Waals surface area contributed by atoms with Crippen molar-refractivity contribution in [3.05, 3.63) is 0 Å². The van der Waals surface area contributed by atoms with E-state index >= 15 is 0 Å². The van der Waals surface area contributed by atoms with Gasteiger partial charge in [-0.05, 0) is 51.4 Å². The third-order valence-electron chi connectivity index (χ3n) is 9.21. The summed E-state index contributed by atoms with van der Waals surface area (Å²) < 4.78 is 0. The van der Waals surface area contributed by atoms with E-state index in [4.69, 9.17) is 10.2 Å². The van der Waals surface area contributed by atoms with Crippen LogP contribution in [0, 0.1) is 22.7 Å². The molecule has 0 N–H and O–H groups in total. The molecule has 2 aliphatic carbocycles. The fourth-order valence-corrected chi connectivity index (χ4v) is 6.47. The van der Waals surface area contributed by atoms with E-state index in [9.17, 15) is 10.5 Å². The quantitative estimate of drug-likeness (QED) is 0.337. The molecule has 2 rings (SSSR count). The third-order valence-corrected chi connectivity index (χ3v) is 9.21. The molecular weight excluding hydrogens is 464 g/mol. The van der Waals surface area contributed by atoms with Crippen LogP contribution < -0.4 is 0 Å². The largest absolute Gasteiger partial charge is 0.196 e. The molecule has 0 amide bonds. The molecule has 4 nitrogen and oxygen atoms in total. The molecule has 0 radical (unpaired) electrons. The maximum atomic E-state index is 10.4. The molecule has 0 heterocycles. The molecule has 0 saturated heterocycles. The topological polar surface area (TPSA) is 72.3 Å². The Balaban J connectivity index is 2.08. The van der Waals surface area contributed by atoms with E-state index in [-0.39, 0.29) is 0 Å². The summed E-state index contributed by atoms with van der Waals surface area (Å²) in [5.41, 5.74) is -1.48. The Morgan fingerprint density at radius 1 is 0.289 bits per heavy atom. The Labute approximate surface area is 236 Å². The van der Waals surface area contributed by atoms with E-state index in [0.29, 0.717) is 0 Å². The lowest BCUT2D eigenvalue weighted by Gasteiger charge is -2.26. The van der Waals surface area contributed by atoms with Crippen molar-refractivity contribution in [3.8, 4) is 12.1 Å². The van der Waals surface area contributed by atoms with Crippen LogP contribution in [0.4, 0.5) is 0 Å². The van der Waals surface area contributed by atoms with Crippen LogP contribution in [0.2, 0.25) is 0 Å². The number of azo groups is 1. The molecule has 0 atom stereocenters. The minimum atomic E-state index is -0.740.